The van der Waals surface area contributed by atoms with E-state index in [-0.39, 0.29) is 22.1 Å². The molecule has 3 aromatic rings. The normalized spacial score (nSPS) is 11.2. The van der Waals surface area contributed by atoms with Crippen molar-refractivity contribution in [2.75, 3.05) is 5.32 Å². The van der Waals surface area contributed by atoms with Crippen LogP contribution in [0, 0.1) is 6.92 Å². The van der Waals surface area contributed by atoms with Crippen molar-refractivity contribution in [3.63, 3.8) is 0 Å². The number of aromatic carboxylic acids is 1. The third-order valence-electron chi connectivity index (χ3n) is 4.10. The van der Waals surface area contributed by atoms with Crippen LogP contribution < -0.4 is 9.50 Å². The van der Waals surface area contributed by atoms with E-state index in [2.05, 4.69) is 5.32 Å². The van der Waals surface area contributed by atoms with Crippen molar-refractivity contribution in [3.05, 3.63) is 65.7 Å². The summed E-state index contributed by atoms with van der Waals surface area (Å²) in [6, 6.07) is 13.7. The van der Waals surface area contributed by atoms with Crippen LogP contribution in [0.15, 0.2) is 59.5 Å². The van der Waals surface area contributed by atoms with Crippen LogP contribution in [-0.2, 0) is 14.9 Å². The van der Waals surface area contributed by atoms with E-state index in [0.29, 0.717) is 22.0 Å². The molecule has 0 aliphatic rings. The minimum Gasteiger partial charge on any atom is -0.478 e. The highest BCUT2D eigenvalue weighted by Gasteiger charge is 2.22. The van der Waals surface area contributed by atoms with Crippen LogP contribution in [0.1, 0.15) is 22.8 Å². The van der Waals surface area contributed by atoms with Gasteiger partial charge in [0.2, 0.25) is 5.91 Å². The fourth-order valence-corrected chi connectivity index (χ4v) is 4.01. The summed E-state index contributed by atoms with van der Waals surface area (Å²) in [5, 5.41) is 12.9. The standard InChI is InChI=1S/C20H17NO6S/c1-12-7-8-14(20(23)24)11-19(12)28(25,26)27-18-10-9-17(21-13(2)22)15-5-3-4-6-16(15)18/h3-11H,1-2H3,(H,21,22)(H,23,24). The van der Waals surface area contributed by atoms with Crippen molar-refractivity contribution < 1.29 is 27.3 Å². The lowest BCUT2D eigenvalue weighted by molar-refractivity contribution is -0.114. The van der Waals surface area contributed by atoms with Gasteiger partial charge < -0.3 is 14.6 Å². The topological polar surface area (TPSA) is 110 Å². The van der Waals surface area contributed by atoms with Crippen molar-refractivity contribution in [2.45, 2.75) is 18.7 Å². The Morgan fingerprint density at radius 3 is 2.32 bits per heavy atom. The van der Waals surface area contributed by atoms with Gasteiger partial charge in [-0.15, -0.1) is 0 Å². The van der Waals surface area contributed by atoms with Crippen LogP contribution in [0.5, 0.6) is 5.75 Å². The van der Waals surface area contributed by atoms with E-state index in [4.69, 9.17) is 9.29 Å². The molecule has 3 aromatic carbocycles. The molecule has 0 saturated carbocycles. The van der Waals surface area contributed by atoms with Gasteiger partial charge in [0.1, 0.15) is 4.90 Å². The van der Waals surface area contributed by atoms with Crippen molar-refractivity contribution in [1.29, 1.82) is 0 Å². The maximum Gasteiger partial charge on any atom is 0.339 e. The number of hydrogen-bond acceptors (Lipinski definition) is 5. The van der Waals surface area contributed by atoms with E-state index in [9.17, 15) is 18.0 Å². The van der Waals surface area contributed by atoms with Crippen molar-refractivity contribution in [1.82, 2.24) is 0 Å². The molecule has 0 saturated heterocycles. The van der Waals surface area contributed by atoms with E-state index < -0.39 is 16.1 Å². The molecule has 0 aliphatic carbocycles. The molecule has 3 rings (SSSR count). The second-order valence-electron chi connectivity index (χ2n) is 6.16. The van der Waals surface area contributed by atoms with E-state index in [1.165, 1.54) is 25.1 Å². The number of carboxylic acid groups (broad SMARTS) is 1. The lowest BCUT2D eigenvalue weighted by atomic mass is 10.1. The highest BCUT2D eigenvalue weighted by Crippen LogP contribution is 2.33. The molecular formula is C20H17NO6S. The molecule has 0 aliphatic heterocycles. The average molecular weight is 399 g/mol. The summed E-state index contributed by atoms with van der Waals surface area (Å²) < 4.78 is 31.0. The van der Waals surface area contributed by atoms with Crippen molar-refractivity contribution in [3.8, 4) is 5.75 Å². The zero-order valence-electron chi connectivity index (χ0n) is 15.1. The third kappa shape index (κ3) is 3.81. The van der Waals surface area contributed by atoms with E-state index >= 15 is 0 Å². The first-order chi connectivity index (χ1) is 13.2. The molecule has 2 N–H and O–H groups in total. The van der Waals surface area contributed by atoms with Crippen molar-refractivity contribution >= 4 is 38.5 Å². The molecule has 0 radical (unpaired) electrons. The minimum atomic E-state index is -4.28. The number of hydrogen-bond donors (Lipinski definition) is 2. The Bertz CT molecular complexity index is 1200. The number of carbonyl (C=O) groups excluding carboxylic acids is 1. The highest BCUT2D eigenvalue weighted by atomic mass is 32.2. The first-order valence-electron chi connectivity index (χ1n) is 8.27. The molecule has 28 heavy (non-hydrogen) atoms. The molecule has 0 heterocycles. The predicted octanol–water partition coefficient (Wildman–Crippen LogP) is 3.57. The number of rotatable bonds is 5. The van der Waals surface area contributed by atoms with Crippen LogP contribution in [0.4, 0.5) is 5.69 Å². The molecule has 0 bridgehead atoms. The van der Waals surface area contributed by atoms with E-state index in [0.717, 1.165) is 6.07 Å². The monoisotopic (exact) mass is 399 g/mol. The van der Waals surface area contributed by atoms with Gasteiger partial charge in [-0.3, -0.25) is 4.79 Å². The maximum atomic E-state index is 12.8. The quantitative estimate of drug-likeness (QED) is 0.635. The van der Waals surface area contributed by atoms with E-state index in [1.54, 1.807) is 37.3 Å². The number of nitrogens with one attached hydrogen (secondary N) is 1. The molecule has 0 spiro atoms. The highest BCUT2D eigenvalue weighted by molar-refractivity contribution is 7.87. The first kappa shape index (κ1) is 19.4. The fraction of sp³-hybridized carbons (Fsp3) is 0.100. The van der Waals surface area contributed by atoms with Crippen molar-refractivity contribution in [2.24, 2.45) is 0 Å². The van der Waals surface area contributed by atoms with Gasteiger partial charge in [0.25, 0.3) is 0 Å². The predicted molar refractivity (Wildman–Crippen MR) is 104 cm³/mol. The second-order valence-corrected chi connectivity index (χ2v) is 7.68. The van der Waals surface area contributed by atoms with Gasteiger partial charge in [-0.2, -0.15) is 8.42 Å². The van der Waals surface area contributed by atoms with Gasteiger partial charge in [0.05, 0.1) is 5.56 Å². The number of fused-ring (bicyclic) bond motifs is 1. The fourth-order valence-electron chi connectivity index (χ4n) is 2.81. The number of anilines is 1. The van der Waals surface area contributed by atoms with Crippen LogP contribution in [-0.4, -0.2) is 25.4 Å². The molecule has 0 unspecified atom stereocenters. The number of amides is 1. The third-order valence-corrected chi connectivity index (χ3v) is 5.48. The lowest BCUT2D eigenvalue weighted by Gasteiger charge is -2.14. The van der Waals surface area contributed by atoms with Crippen LogP contribution in [0.2, 0.25) is 0 Å². The summed E-state index contributed by atoms with van der Waals surface area (Å²) in [6.07, 6.45) is 0. The van der Waals surface area contributed by atoms with Crippen LogP contribution >= 0.6 is 0 Å². The Labute approximate surface area is 161 Å². The smallest absolute Gasteiger partial charge is 0.339 e. The van der Waals surface area contributed by atoms with Gasteiger partial charge in [-0.1, -0.05) is 30.3 Å². The Kier molecular flexibility index (Phi) is 5.06. The lowest BCUT2D eigenvalue weighted by Crippen LogP contribution is -2.13. The van der Waals surface area contributed by atoms with Gasteiger partial charge in [-0.25, -0.2) is 4.79 Å². The summed E-state index contributed by atoms with van der Waals surface area (Å²) in [4.78, 5) is 22.4. The Hall–Kier alpha value is -3.39. The summed E-state index contributed by atoms with van der Waals surface area (Å²) in [5.41, 5.74) is 0.736. The SMILES string of the molecule is CC(=O)Nc1ccc(OS(=O)(=O)c2cc(C(=O)O)ccc2C)c2ccccc12. The Balaban J connectivity index is 2.09. The van der Waals surface area contributed by atoms with Gasteiger partial charge in [0.15, 0.2) is 5.75 Å². The Morgan fingerprint density at radius 2 is 1.68 bits per heavy atom. The second kappa shape index (κ2) is 7.32. The average Bonchev–Trinajstić information content (AvgIpc) is 2.63. The number of aryl methyl sites for hydroxylation is 1. The van der Waals surface area contributed by atoms with Crippen LogP contribution in [0.3, 0.4) is 0 Å². The van der Waals surface area contributed by atoms with Gasteiger partial charge in [-0.05, 0) is 36.8 Å². The van der Waals surface area contributed by atoms with Gasteiger partial charge in [0, 0.05) is 23.4 Å². The molecular weight excluding hydrogens is 382 g/mol. The summed E-state index contributed by atoms with van der Waals surface area (Å²) in [7, 11) is -4.28. The van der Waals surface area contributed by atoms with Gasteiger partial charge >= 0.3 is 16.1 Å². The largest absolute Gasteiger partial charge is 0.478 e. The van der Waals surface area contributed by atoms with Crippen LogP contribution in [0.25, 0.3) is 10.8 Å². The molecule has 144 valence electrons. The molecule has 0 aromatic heterocycles. The summed E-state index contributed by atoms with van der Waals surface area (Å²) >= 11 is 0. The molecule has 8 heteroatoms. The first-order valence-corrected chi connectivity index (χ1v) is 9.67. The number of benzene rings is 3. The molecule has 1 amide bonds. The Morgan fingerprint density at radius 1 is 1.00 bits per heavy atom. The molecule has 7 nitrogen and oxygen atoms in total. The van der Waals surface area contributed by atoms with E-state index in [1.807, 2.05) is 0 Å². The summed E-state index contributed by atoms with van der Waals surface area (Å²) in [6.45, 7) is 2.93. The maximum absolute atomic E-state index is 12.8. The zero-order chi connectivity index (χ0) is 20.5. The number of carboxylic acids is 1. The molecule has 0 fully saturated rings. The zero-order valence-corrected chi connectivity index (χ0v) is 15.9. The number of carbonyl (C=O) groups is 2. The summed E-state index contributed by atoms with van der Waals surface area (Å²) in [5.74, 6) is -1.42. The minimum absolute atomic E-state index is 0.0739. The molecule has 0 atom stereocenters.